The molecule has 0 unspecified atom stereocenters. The molecular weight excluding hydrogens is 376 g/mol. The van der Waals surface area contributed by atoms with Gasteiger partial charge in [0, 0.05) is 17.5 Å². The van der Waals surface area contributed by atoms with E-state index in [0.717, 1.165) is 23.5 Å². The number of benzene rings is 1. The minimum Gasteiger partial charge on any atom is -0.480 e. The topological polar surface area (TPSA) is 92.4 Å². The van der Waals surface area contributed by atoms with E-state index in [2.05, 4.69) is 11.6 Å². The summed E-state index contributed by atoms with van der Waals surface area (Å²) in [6.07, 6.45) is 3.65. The third-order valence-corrected chi connectivity index (χ3v) is 6.67. The maximum atomic E-state index is 12.3. The molecule has 0 aliphatic carbocycles. The number of aliphatic carboxylic acids is 1. The molecule has 5 nitrogen and oxygen atoms in total. The smallest absolute Gasteiger partial charge is 0.322 e. The van der Waals surface area contributed by atoms with Gasteiger partial charge in [0.15, 0.2) is 0 Å². The van der Waals surface area contributed by atoms with E-state index in [9.17, 15) is 9.59 Å². The van der Waals surface area contributed by atoms with Gasteiger partial charge in [-0.1, -0.05) is 51.9 Å². The number of thioether (sulfide) groups is 1. The van der Waals surface area contributed by atoms with Gasteiger partial charge in [-0.3, -0.25) is 9.59 Å². The molecule has 0 spiro atoms. The molecule has 1 aromatic rings. The Kier molecular flexibility index (Phi) is 11.9. The van der Waals surface area contributed by atoms with Gasteiger partial charge in [-0.15, -0.1) is 0 Å². The summed E-state index contributed by atoms with van der Waals surface area (Å²) in [5, 5.41) is 11.2. The van der Waals surface area contributed by atoms with Crippen molar-refractivity contribution in [3.05, 3.63) is 35.9 Å². The highest BCUT2D eigenvalue weighted by Gasteiger charge is 2.20. The number of rotatable bonds is 13. The van der Waals surface area contributed by atoms with Crippen molar-refractivity contribution in [1.82, 2.24) is 5.32 Å². The summed E-state index contributed by atoms with van der Waals surface area (Å²) in [4.78, 5) is 23.0. The third kappa shape index (κ3) is 10.7. The lowest BCUT2D eigenvalue weighted by Crippen LogP contribution is -2.36. The van der Waals surface area contributed by atoms with Crippen LogP contribution < -0.4 is 11.1 Å². The molecule has 0 heterocycles. The molecule has 2 atom stereocenters. The van der Waals surface area contributed by atoms with Crippen molar-refractivity contribution < 1.29 is 14.7 Å². The molecule has 0 aromatic heterocycles. The van der Waals surface area contributed by atoms with Crippen molar-refractivity contribution in [2.45, 2.75) is 18.9 Å². The van der Waals surface area contributed by atoms with Crippen molar-refractivity contribution in [1.29, 1.82) is 0 Å². The summed E-state index contributed by atoms with van der Waals surface area (Å²) < 4.78 is 0. The Morgan fingerprint density at radius 3 is 2.52 bits per heavy atom. The second-order valence-electron chi connectivity index (χ2n) is 5.61. The maximum Gasteiger partial charge on any atom is 0.322 e. The van der Waals surface area contributed by atoms with Crippen LogP contribution in [0.15, 0.2) is 30.3 Å². The van der Waals surface area contributed by atoms with E-state index in [-0.39, 0.29) is 24.4 Å². The molecule has 1 aromatic carbocycles. The minimum absolute atomic E-state index is 0.165. The number of carbonyl (C=O) groups excluding carboxylic acids is 1. The molecule has 0 saturated heterocycles. The molecule has 1 amide bonds. The number of carbonyl (C=O) groups is 2. The van der Waals surface area contributed by atoms with Gasteiger partial charge in [-0.25, -0.2) is 0 Å². The molecule has 140 valence electrons. The van der Waals surface area contributed by atoms with E-state index in [1.807, 2.05) is 30.3 Å². The summed E-state index contributed by atoms with van der Waals surface area (Å²) in [6, 6.07) is 9.94. The second-order valence-corrected chi connectivity index (χ2v) is 9.15. The summed E-state index contributed by atoms with van der Waals surface area (Å²) in [6.45, 7) is -0.346. The van der Waals surface area contributed by atoms with Crippen molar-refractivity contribution in [3.63, 3.8) is 0 Å². The van der Waals surface area contributed by atoms with Crippen molar-refractivity contribution in [2.24, 2.45) is 11.7 Å². The molecule has 25 heavy (non-hydrogen) atoms. The van der Waals surface area contributed by atoms with Gasteiger partial charge in [0.1, 0.15) is 6.54 Å². The fourth-order valence-corrected chi connectivity index (χ4v) is 5.15. The first-order valence-corrected chi connectivity index (χ1v) is 11.9. The summed E-state index contributed by atoms with van der Waals surface area (Å²) in [7, 11) is 3.31. The molecule has 4 N–H and O–H groups in total. The van der Waals surface area contributed by atoms with E-state index in [1.165, 1.54) is 0 Å². The minimum atomic E-state index is -1.03. The van der Waals surface area contributed by atoms with Gasteiger partial charge < -0.3 is 16.2 Å². The van der Waals surface area contributed by atoms with Gasteiger partial charge in [0.05, 0.1) is 5.92 Å². The fraction of sp³-hybridized carbons (Fsp3) is 0.529. The standard InChI is InChI=1S/C17H26N2O3S3/c1-23-8-7-15(18)12-25-24-11-14(17(22)19-10-16(20)21)9-13-5-3-2-4-6-13/h2-6,14-15H,7-12,18H2,1H3,(H,19,22)(H,20,21)/t14-,15+/m1/s1. The van der Waals surface area contributed by atoms with E-state index < -0.39 is 5.97 Å². The molecule has 0 saturated carbocycles. The molecule has 0 fully saturated rings. The van der Waals surface area contributed by atoms with Crippen molar-refractivity contribution >= 4 is 45.2 Å². The Balaban J connectivity index is 2.47. The van der Waals surface area contributed by atoms with Gasteiger partial charge in [0.25, 0.3) is 0 Å². The first kappa shape index (κ1) is 22.2. The van der Waals surface area contributed by atoms with E-state index in [0.29, 0.717) is 12.2 Å². The molecule has 0 bridgehead atoms. The quantitative estimate of drug-likeness (QED) is 0.345. The highest BCUT2D eigenvalue weighted by atomic mass is 33.1. The summed E-state index contributed by atoms with van der Waals surface area (Å²) in [5.74, 6) is 1.02. The van der Waals surface area contributed by atoms with Crippen LogP contribution in [0.2, 0.25) is 0 Å². The Labute approximate surface area is 161 Å². The molecular formula is C17H26N2O3S3. The van der Waals surface area contributed by atoms with Gasteiger partial charge in [-0.05, 0) is 30.4 Å². The number of nitrogens with one attached hydrogen (secondary N) is 1. The number of carboxylic acid groups (broad SMARTS) is 1. The van der Waals surface area contributed by atoms with Crippen LogP contribution in [0.5, 0.6) is 0 Å². The third-order valence-electron chi connectivity index (χ3n) is 3.44. The number of amides is 1. The van der Waals surface area contributed by atoms with Gasteiger partial charge >= 0.3 is 5.97 Å². The predicted octanol–water partition coefficient (Wildman–Crippen LogP) is 2.51. The van der Waals surface area contributed by atoms with Crippen LogP contribution in [0, 0.1) is 5.92 Å². The zero-order valence-corrected chi connectivity index (χ0v) is 16.8. The number of carboxylic acids is 1. The lowest BCUT2D eigenvalue weighted by atomic mass is 10.0. The lowest BCUT2D eigenvalue weighted by Gasteiger charge is -2.16. The van der Waals surface area contributed by atoms with Crippen LogP contribution in [-0.4, -0.2) is 53.1 Å². The predicted molar refractivity (Wildman–Crippen MR) is 110 cm³/mol. The van der Waals surface area contributed by atoms with E-state index >= 15 is 0 Å². The average Bonchev–Trinajstić information content (AvgIpc) is 2.61. The van der Waals surface area contributed by atoms with Crippen LogP contribution >= 0.6 is 33.3 Å². The van der Waals surface area contributed by atoms with Crippen LogP contribution in [0.1, 0.15) is 12.0 Å². The monoisotopic (exact) mass is 402 g/mol. The SMILES string of the molecule is CSCC[C@H](N)CSSC[C@@H](Cc1ccccc1)C(=O)NCC(=O)O. The second kappa shape index (κ2) is 13.4. The first-order chi connectivity index (χ1) is 12.0. The van der Waals surface area contributed by atoms with Crippen LogP contribution in [-0.2, 0) is 16.0 Å². The first-order valence-electron chi connectivity index (χ1n) is 8.05. The number of hydrogen-bond acceptors (Lipinski definition) is 6. The summed E-state index contributed by atoms with van der Waals surface area (Å²) in [5.41, 5.74) is 7.12. The molecule has 0 radical (unpaired) electrons. The summed E-state index contributed by atoms with van der Waals surface area (Å²) >= 11 is 1.79. The fourth-order valence-electron chi connectivity index (χ4n) is 2.05. The zero-order chi connectivity index (χ0) is 18.5. The van der Waals surface area contributed by atoms with Crippen LogP contribution in [0.3, 0.4) is 0 Å². The Morgan fingerprint density at radius 2 is 1.88 bits per heavy atom. The maximum absolute atomic E-state index is 12.3. The Bertz CT molecular complexity index is 517. The molecule has 1 rings (SSSR count). The normalized spacial score (nSPS) is 13.2. The Hall–Kier alpha value is -0.830. The van der Waals surface area contributed by atoms with Crippen molar-refractivity contribution in [3.8, 4) is 0 Å². The van der Waals surface area contributed by atoms with Crippen molar-refractivity contribution in [2.75, 3.05) is 30.1 Å². The van der Waals surface area contributed by atoms with E-state index in [1.54, 1.807) is 33.3 Å². The highest BCUT2D eigenvalue weighted by molar-refractivity contribution is 8.76. The largest absolute Gasteiger partial charge is 0.480 e. The van der Waals surface area contributed by atoms with Gasteiger partial charge in [0.2, 0.25) is 5.91 Å². The lowest BCUT2D eigenvalue weighted by molar-refractivity contribution is -0.138. The highest BCUT2D eigenvalue weighted by Crippen LogP contribution is 2.26. The number of nitrogens with two attached hydrogens (primary N) is 1. The number of hydrogen-bond donors (Lipinski definition) is 3. The average molecular weight is 403 g/mol. The molecule has 0 aliphatic rings. The Morgan fingerprint density at radius 1 is 1.20 bits per heavy atom. The van der Waals surface area contributed by atoms with E-state index in [4.69, 9.17) is 10.8 Å². The van der Waals surface area contributed by atoms with Crippen LogP contribution in [0.4, 0.5) is 0 Å². The zero-order valence-electron chi connectivity index (χ0n) is 14.3. The van der Waals surface area contributed by atoms with Gasteiger partial charge in [-0.2, -0.15) is 11.8 Å². The molecule has 8 heteroatoms. The molecule has 0 aliphatic heterocycles. The van der Waals surface area contributed by atoms with Crippen LogP contribution in [0.25, 0.3) is 0 Å².